The molecule has 0 aliphatic rings. The number of hydrogen-bond donors (Lipinski definition) is 2. The summed E-state index contributed by atoms with van der Waals surface area (Å²) in [5.74, 6) is 1.80. The van der Waals surface area contributed by atoms with Crippen molar-refractivity contribution in [2.24, 2.45) is 0 Å². The minimum atomic E-state index is -0.0483. The fourth-order valence-corrected chi connectivity index (χ4v) is 1.67. The number of aliphatic hydroxyl groups excluding tert-OH is 2. The van der Waals surface area contributed by atoms with Gasteiger partial charge >= 0.3 is 29.6 Å². The van der Waals surface area contributed by atoms with Crippen molar-refractivity contribution in [1.82, 2.24) is 9.97 Å². The predicted molar refractivity (Wildman–Crippen MR) is 101 cm³/mol. The maximum Gasteiger partial charge on any atom is 1.00 e. The summed E-state index contributed by atoms with van der Waals surface area (Å²) in [5, 5.41) is 15.8. The summed E-state index contributed by atoms with van der Waals surface area (Å²) < 4.78 is 19.7. The molecule has 3 radical (unpaired) electrons. The molecule has 0 aliphatic heterocycles. The largest absolute Gasteiger partial charge is 1.00 e. The molecule has 9 nitrogen and oxygen atoms in total. The fourth-order valence-electron chi connectivity index (χ4n) is 1.67. The second-order valence-corrected chi connectivity index (χ2v) is 4.31. The van der Waals surface area contributed by atoms with Crippen molar-refractivity contribution in [2.75, 3.05) is 35.5 Å². The third-order valence-corrected chi connectivity index (χ3v) is 2.86. The summed E-state index contributed by atoms with van der Waals surface area (Å²) >= 11 is 0. The quantitative estimate of drug-likeness (QED) is 0.411. The molecular formula is C17H25BN2NaO7. The summed E-state index contributed by atoms with van der Waals surface area (Å²) in [5.41, 5.74) is 1.17. The molecule has 149 valence electrons. The fraction of sp³-hybridized carbons (Fsp3) is 0.353. The number of aldehydes is 1. The van der Waals surface area contributed by atoms with E-state index >= 15 is 0 Å². The molecule has 0 aromatic carbocycles. The van der Waals surface area contributed by atoms with Crippen molar-refractivity contribution in [3.8, 4) is 23.3 Å². The van der Waals surface area contributed by atoms with E-state index in [1.54, 1.807) is 18.3 Å². The van der Waals surface area contributed by atoms with Crippen LogP contribution in [-0.4, -0.2) is 70.4 Å². The minimum Gasteiger partial charge on any atom is -1.00 e. The van der Waals surface area contributed by atoms with Crippen molar-refractivity contribution in [3.05, 3.63) is 35.7 Å². The average Bonchev–Trinajstić information content (AvgIpc) is 2.74. The van der Waals surface area contributed by atoms with E-state index in [0.29, 0.717) is 40.7 Å². The molecule has 0 atom stereocenters. The van der Waals surface area contributed by atoms with Gasteiger partial charge in [-0.2, -0.15) is 0 Å². The molecule has 2 rings (SSSR count). The maximum atomic E-state index is 10.3. The SMILES string of the molecule is CO.COc1cc(C=O)cnc1OC.COc1cc(CO)cnc1OC.[B].[H-].[Na+]. The number of aliphatic hydroxyl groups is 2. The Kier molecular flexibility index (Phi) is 20.4. The van der Waals surface area contributed by atoms with E-state index in [2.05, 4.69) is 9.97 Å². The summed E-state index contributed by atoms with van der Waals surface area (Å²) in [7, 11) is 7.03. The molecule has 0 fully saturated rings. The first-order chi connectivity index (χ1) is 12.6. The molecule has 28 heavy (non-hydrogen) atoms. The van der Waals surface area contributed by atoms with Gasteiger partial charge in [-0.15, -0.1) is 0 Å². The smallest absolute Gasteiger partial charge is 1.00 e. The molecule has 0 saturated heterocycles. The first-order valence-corrected chi connectivity index (χ1v) is 7.29. The summed E-state index contributed by atoms with van der Waals surface area (Å²) in [6, 6.07) is 3.25. The number of aromatic nitrogens is 2. The van der Waals surface area contributed by atoms with E-state index < -0.39 is 0 Å². The molecule has 2 aromatic rings. The van der Waals surface area contributed by atoms with Crippen LogP contribution in [0, 0.1) is 0 Å². The van der Waals surface area contributed by atoms with Gasteiger partial charge in [-0.05, 0) is 17.7 Å². The summed E-state index contributed by atoms with van der Waals surface area (Å²) in [6.45, 7) is -0.0483. The van der Waals surface area contributed by atoms with Gasteiger partial charge in [-0.25, -0.2) is 9.97 Å². The van der Waals surface area contributed by atoms with Crippen molar-refractivity contribution in [1.29, 1.82) is 0 Å². The minimum absolute atomic E-state index is 0. The Morgan fingerprint density at radius 1 is 0.929 bits per heavy atom. The molecule has 2 N–H and O–H groups in total. The Morgan fingerprint density at radius 3 is 1.79 bits per heavy atom. The van der Waals surface area contributed by atoms with Crippen LogP contribution in [0.1, 0.15) is 17.3 Å². The molecule has 2 aromatic heterocycles. The standard InChI is InChI=1S/C8H11NO3.C8H9NO3.CH4O.B.Na.H/c2*1-11-7-3-6(5-10)4-9-8(7)12-2;1-2;;;/h3-4,10H,5H2,1-2H3;3-5H,1-2H3;2H,1H3;;;/q;;;;+1;-1. The molecular weight excluding hydrogens is 378 g/mol. The summed E-state index contributed by atoms with van der Waals surface area (Å²) in [4.78, 5) is 18.1. The van der Waals surface area contributed by atoms with Gasteiger partial charge in [0.25, 0.3) is 11.8 Å². The molecule has 0 amide bonds. The van der Waals surface area contributed by atoms with Gasteiger partial charge in [-0.3, -0.25) is 4.79 Å². The van der Waals surface area contributed by atoms with E-state index in [1.165, 1.54) is 34.6 Å². The Hall–Kier alpha value is -1.85. The van der Waals surface area contributed by atoms with Gasteiger partial charge in [-0.1, -0.05) is 0 Å². The second-order valence-electron chi connectivity index (χ2n) is 4.31. The number of carbonyl (C=O) groups excluding carboxylic acids is 1. The predicted octanol–water partition coefficient (Wildman–Crippen LogP) is -2.15. The zero-order valence-corrected chi connectivity index (χ0v) is 19.0. The average molecular weight is 403 g/mol. The third-order valence-electron chi connectivity index (χ3n) is 2.86. The van der Waals surface area contributed by atoms with Crippen molar-refractivity contribution in [2.45, 2.75) is 6.61 Å². The third kappa shape index (κ3) is 9.91. The molecule has 11 heteroatoms. The van der Waals surface area contributed by atoms with E-state index in [4.69, 9.17) is 29.2 Å². The Bertz CT molecular complexity index is 684. The molecule has 0 aliphatic carbocycles. The number of rotatable bonds is 6. The van der Waals surface area contributed by atoms with Gasteiger partial charge < -0.3 is 30.6 Å². The van der Waals surface area contributed by atoms with Crippen molar-refractivity contribution < 1.29 is 64.9 Å². The molecule has 0 unspecified atom stereocenters. The van der Waals surface area contributed by atoms with Gasteiger partial charge in [0.05, 0.1) is 35.0 Å². The van der Waals surface area contributed by atoms with E-state index in [0.717, 1.165) is 7.11 Å². The Morgan fingerprint density at radius 2 is 1.39 bits per heavy atom. The van der Waals surface area contributed by atoms with Crippen LogP contribution in [0.3, 0.4) is 0 Å². The first-order valence-electron chi connectivity index (χ1n) is 7.29. The van der Waals surface area contributed by atoms with E-state index in [1.807, 2.05) is 0 Å². The molecule has 0 saturated carbocycles. The van der Waals surface area contributed by atoms with Gasteiger partial charge in [0.2, 0.25) is 0 Å². The number of carbonyl (C=O) groups is 1. The second kappa shape index (κ2) is 18.5. The maximum absolute atomic E-state index is 10.3. The van der Waals surface area contributed by atoms with Gasteiger partial charge in [0, 0.05) is 33.5 Å². The molecule has 0 spiro atoms. The van der Waals surface area contributed by atoms with Gasteiger partial charge in [0.1, 0.15) is 0 Å². The van der Waals surface area contributed by atoms with Crippen molar-refractivity contribution >= 4 is 14.7 Å². The number of hydrogen-bond acceptors (Lipinski definition) is 9. The zero-order chi connectivity index (χ0) is 19.9. The van der Waals surface area contributed by atoms with Gasteiger partial charge in [0.15, 0.2) is 17.8 Å². The van der Waals surface area contributed by atoms with Crippen LogP contribution in [-0.2, 0) is 6.61 Å². The monoisotopic (exact) mass is 403 g/mol. The number of pyridine rings is 2. The van der Waals surface area contributed by atoms with E-state index in [9.17, 15) is 4.79 Å². The van der Waals surface area contributed by atoms with E-state index in [-0.39, 0.29) is 46.0 Å². The molecule has 0 bridgehead atoms. The number of methoxy groups -OCH3 is 4. The normalized spacial score (nSPS) is 8.25. The van der Waals surface area contributed by atoms with Crippen LogP contribution in [0.25, 0.3) is 0 Å². The Balaban J connectivity index is -0.000000181. The zero-order valence-electron chi connectivity index (χ0n) is 18.0. The topological polar surface area (TPSA) is 120 Å². The Labute approximate surface area is 190 Å². The van der Waals surface area contributed by atoms with Crippen molar-refractivity contribution in [3.63, 3.8) is 0 Å². The number of nitrogens with zero attached hydrogens (tertiary/aromatic N) is 2. The summed E-state index contributed by atoms with van der Waals surface area (Å²) in [6.07, 6.45) is 3.67. The van der Waals surface area contributed by atoms with Crippen LogP contribution in [0.2, 0.25) is 0 Å². The van der Waals surface area contributed by atoms with Crippen LogP contribution in [0.5, 0.6) is 23.3 Å². The van der Waals surface area contributed by atoms with Crippen LogP contribution < -0.4 is 48.5 Å². The molecule has 2 heterocycles. The van der Waals surface area contributed by atoms with Crippen LogP contribution >= 0.6 is 0 Å². The number of ether oxygens (including phenoxy) is 4. The van der Waals surface area contributed by atoms with Crippen LogP contribution in [0.4, 0.5) is 0 Å². The first kappa shape index (κ1) is 30.9. The van der Waals surface area contributed by atoms with Crippen LogP contribution in [0.15, 0.2) is 24.5 Å².